The Bertz CT molecular complexity index is 925. The number of benzene rings is 1. The van der Waals surface area contributed by atoms with Crippen molar-refractivity contribution >= 4 is 24.1 Å². The van der Waals surface area contributed by atoms with Crippen LogP contribution in [-0.4, -0.2) is 23.0 Å². The van der Waals surface area contributed by atoms with E-state index in [1.54, 1.807) is 6.08 Å². The van der Waals surface area contributed by atoms with Crippen LogP contribution in [0.2, 0.25) is 0 Å². The molecule has 0 radical (unpaired) electrons. The van der Waals surface area contributed by atoms with Gasteiger partial charge in [0.15, 0.2) is 5.78 Å². The van der Waals surface area contributed by atoms with Crippen LogP contribution in [-0.2, 0) is 10.2 Å². The first-order chi connectivity index (χ1) is 13.4. The number of carbonyl (C=O) groups excluding carboxylic acids is 1. The normalized spacial score (nSPS) is 20.6. The number of para-hydroxylation sites is 1. The van der Waals surface area contributed by atoms with Crippen LogP contribution in [0.15, 0.2) is 71.6 Å². The van der Waals surface area contributed by atoms with Crippen LogP contribution in [0.1, 0.15) is 32.3 Å². The Labute approximate surface area is 170 Å². The van der Waals surface area contributed by atoms with E-state index in [-0.39, 0.29) is 16.9 Å². The number of rotatable bonds is 6. The minimum atomic E-state index is -0.483. The Kier molecular flexibility index (Phi) is 5.89. The van der Waals surface area contributed by atoms with Crippen molar-refractivity contribution in [2.24, 2.45) is 0 Å². The number of allylic oxidation sites excluding steroid dienone is 7. The second-order valence-electron chi connectivity index (χ2n) is 7.42. The molecule has 1 aromatic carbocycles. The molecule has 3 rings (SSSR count). The fourth-order valence-electron chi connectivity index (χ4n) is 3.71. The van der Waals surface area contributed by atoms with Gasteiger partial charge in [0.25, 0.3) is 5.70 Å². The SMILES string of the molecule is CC1(C)C(=CC=C2C=C([N+](=O)[O-])C=CC2=O)N(CCCCS)c2ccccc21. The van der Waals surface area contributed by atoms with E-state index in [0.29, 0.717) is 5.57 Å². The number of hydrogen-bond donors (Lipinski definition) is 1. The van der Waals surface area contributed by atoms with E-state index >= 15 is 0 Å². The summed E-state index contributed by atoms with van der Waals surface area (Å²) in [6.45, 7) is 5.19. The average molecular weight is 397 g/mol. The Morgan fingerprint density at radius 2 is 1.93 bits per heavy atom. The van der Waals surface area contributed by atoms with E-state index in [9.17, 15) is 14.9 Å². The Hall–Kier alpha value is -2.60. The van der Waals surface area contributed by atoms with Gasteiger partial charge < -0.3 is 4.90 Å². The molecule has 0 saturated carbocycles. The molecule has 5 nitrogen and oxygen atoms in total. The second-order valence-corrected chi connectivity index (χ2v) is 7.87. The highest BCUT2D eigenvalue weighted by molar-refractivity contribution is 7.80. The molecular formula is C22H24N2O3S. The summed E-state index contributed by atoms with van der Waals surface area (Å²) in [5.74, 6) is 0.620. The van der Waals surface area contributed by atoms with Crippen molar-refractivity contribution in [2.45, 2.75) is 32.1 Å². The summed E-state index contributed by atoms with van der Waals surface area (Å²) in [4.78, 5) is 25.0. The molecule has 28 heavy (non-hydrogen) atoms. The molecule has 0 aromatic heterocycles. The van der Waals surface area contributed by atoms with Crippen molar-refractivity contribution in [2.75, 3.05) is 17.2 Å². The average Bonchev–Trinajstić information content (AvgIpc) is 2.88. The van der Waals surface area contributed by atoms with Gasteiger partial charge in [-0.25, -0.2) is 0 Å². The molecule has 1 aromatic rings. The highest BCUT2D eigenvalue weighted by Gasteiger charge is 2.39. The standard InChI is InChI=1S/C22H24N2O3S/c1-22(2)18-7-3-4-8-19(18)23(13-5-6-14-28)21(22)12-9-16-15-17(24(26)27)10-11-20(16)25/h3-4,7-12,15,28H,5-6,13-14H2,1-2H3. The van der Waals surface area contributed by atoms with E-state index in [1.165, 1.54) is 29.5 Å². The number of hydrogen-bond acceptors (Lipinski definition) is 5. The molecule has 0 spiro atoms. The summed E-state index contributed by atoms with van der Waals surface area (Å²) in [7, 11) is 0. The second kappa shape index (κ2) is 8.19. The van der Waals surface area contributed by atoms with Crippen LogP contribution in [0.4, 0.5) is 5.69 Å². The zero-order valence-corrected chi connectivity index (χ0v) is 17.0. The van der Waals surface area contributed by atoms with Crippen LogP contribution in [0.5, 0.6) is 0 Å². The molecule has 6 heteroatoms. The van der Waals surface area contributed by atoms with E-state index < -0.39 is 4.92 Å². The number of nitrogens with zero attached hydrogens (tertiary/aromatic N) is 2. The third-order valence-electron chi connectivity index (χ3n) is 5.21. The molecule has 0 saturated heterocycles. The maximum Gasteiger partial charge on any atom is 0.270 e. The minimum absolute atomic E-state index is 0.0798. The number of unbranched alkanes of at least 4 members (excludes halogenated alkanes) is 1. The van der Waals surface area contributed by atoms with Gasteiger partial charge in [0.05, 0.1) is 4.92 Å². The van der Waals surface area contributed by atoms with Crippen LogP contribution >= 0.6 is 12.6 Å². The van der Waals surface area contributed by atoms with Gasteiger partial charge in [-0.3, -0.25) is 14.9 Å². The van der Waals surface area contributed by atoms with Crippen LogP contribution in [0, 0.1) is 10.1 Å². The first kappa shape index (κ1) is 20.1. The summed E-state index contributed by atoms with van der Waals surface area (Å²) >= 11 is 4.31. The Balaban J connectivity index is 2.01. The fraction of sp³-hybridized carbons (Fsp3) is 0.318. The van der Waals surface area contributed by atoms with Gasteiger partial charge in [-0.15, -0.1) is 0 Å². The van der Waals surface area contributed by atoms with Crippen molar-refractivity contribution < 1.29 is 9.72 Å². The van der Waals surface area contributed by atoms with E-state index in [0.717, 1.165) is 30.8 Å². The van der Waals surface area contributed by atoms with Crippen LogP contribution < -0.4 is 4.90 Å². The first-order valence-corrected chi connectivity index (χ1v) is 9.98. The predicted octanol–water partition coefficient (Wildman–Crippen LogP) is 4.60. The van der Waals surface area contributed by atoms with Gasteiger partial charge in [-0.1, -0.05) is 32.0 Å². The highest BCUT2D eigenvalue weighted by atomic mass is 32.1. The van der Waals surface area contributed by atoms with E-state index in [1.807, 2.05) is 18.2 Å². The lowest BCUT2D eigenvalue weighted by atomic mass is 9.83. The van der Waals surface area contributed by atoms with Gasteiger partial charge in [-0.05, 0) is 48.5 Å². The summed E-state index contributed by atoms with van der Waals surface area (Å²) in [5, 5.41) is 11.0. The lowest BCUT2D eigenvalue weighted by Gasteiger charge is -2.27. The first-order valence-electron chi connectivity index (χ1n) is 9.35. The number of ketones is 1. The van der Waals surface area contributed by atoms with Crippen molar-refractivity contribution in [3.8, 4) is 0 Å². The zero-order valence-electron chi connectivity index (χ0n) is 16.1. The summed E-state index contributed by atoms with van der Waals surface area (Å²) in [6.07, 6.45) is 9.49. The zero-order chi connectivity index (χ0) is 20.3. The molecule has 1 aliphatic heterocycles. The molecule has 0 N–H and O–H groups in total. The maximum atomic E-state index is 12.2. The molecule has 0 unspecified atom stereocenters. The van der Waals surface area contributed by atoms with Crippen LogP contribution in [0.25, 0.3) is 0 Å². The largest absolute Gasteiger partial charge is 0.344 e. The fourth-order valence-corrected chi connectivity index (χ4v) is 3.94. The third-order valence-corrected chi connectivity index (χ3v) is 5.53. The number of fused-ring (bicyclic) bond motifs is 1. The number of anilines is 1. The van der Waals surface area contributed by atoms with Gasteiger partial charge in [-0.2, -0.15) is 12.6 Å². The molecule has 146 valence electrons. The van der Waals surface area contributed by atoms with Gasteiger partial charge >= 0.3 is 0 Å². The smallest absolute Gasteiger partial charge is 0.270 e. The minimum Gasteiger partial charge on any atom is -0.344 e. The molecular weight excluding hydrogens is 372 g/mol. The lowest BCUT2D eigenvalue weighted by molar-refractivity contribution is -0.419. The monoisotopic (exact) mass is 396 g/mol. The van der Waals surface area contributed by atoms with Crippen molar-refractivity contribution in [3.05, 3.63) is 87.3 Å². The molecule has 0 atom stereocenters. The number of nitro groups is 1. The predicted molar refractivity (Wildman–Crippen MR) is 115 cm³/mol. The maximum absolute atomic E-state index is 12.2. The Morgan fingerprint density at radius 3 is 2.64 bits per heavy atom. The molecule has 1 heterocycles. The van der Waals surface area contributed by atoms with E-state index in [4.69, 9.17) is 0 Å². The number of thiol groups is 1. The third kappa shape index (κ3) is 3.83. The van der Waals surface area contributed by atoms with Crippen molar-refractivity contribution in [1.29, 1.82) is 0 Å². The topological polar surface area (TPSA) is 63.5 Å². The van der Waals surface area contributed by atoms with Crippen molar-refractivity contribution in [1.82, 2.24) is 0 Å². The van der Waals surface area contributed by atoms with Crippen LogP contribution in [0.3, 0.4) is 0 Å². The summed E-state index contributed by atoms with van der Waals surface area (Å²) in [5.41, 5.74) is 3.51. The molecule has 0 bridgehead atoms. The lowest BCUT2D eigenvalue weighted by Crippen LogP contribution is -2.27. The van der Waals surface area contributed by atoms with Gasteiger partial charge in [0, 0.05) is 41.1 Å². The van der Waals surface area contributed by atoms with E-state index in [2.05, 4.69) is 43.5 Å². The Morgan fingerprint density at radius 1 is 1.18 bits per heavy atom. The summed E-state index contributed by atoms with van der Waals surface area (Å²) < 4.78 is 0. The van der Waals surface area contributed by atoms with Gasteiger partial charge in [0.2, 0.25) is 0 Å². The molecule has 0 amide bonds. The number of carbonyl (C=O) groups is 1. The molecule has 1 aliphatic carbocycles. The van der Waals surface area contributed by atoms with Crippen molar-refractivity contribution in [3.63, 3.8) is 0 Å². The van der Waals surface area contributed by atoms with Gasteiger partial charge in [0.1, 0.15) is 0 Å². The quantitative estimate of drug-likeness (QED) is 0.251. The highest BCUT2D eigenvalue weighted by Crippen LogP contribution is 2.47. The summed E-state index contributed by atoms with van der Waals surface area (Å²) in [6, 6.07) is 8.32. The molecule has 0 fully saturated rings. The molecule has 2 aliphatic rings.